The van der Waals surface area contributed by atoms with Crippen LogP contribution in [-0.4, -0.2) is 5.54 Å². The van der Waals surface area contributed by atoms with Crippen molar-refractivity contribution in [3.8, 4) is 0 Å². The van der Waals surface area contributed by atoms with Crippen molar-refractivity contribution in [2.45, 2.75) is 45.6 Å². The zero-order valence-corrected chi connectivity index (χ0v) is 10.2. The fourth-order valence-corrected chi connectivity index (χ4v) is 2.07. The Hall–Kier alpha value is -0.820. The normalized spacial score (nSPS) is 17.1. The molecule has 1 nitrogen and oxygen atoms in total. The van der Waals surface area contributed by atoms with Crippen molar-refractivity contribution in [2.75, 3.05) is 0 Å². The van der Waals surface area contributed by atoms with E-state index in [1.54, 1.807) is 0 Å². The zero-order chi connectivity index (χ0) is 11.3. The van der Waals surface area contributed by atoms with Crippen molar-refractivity contribution in [3.05, 3.63) is 35.9 Å². The van der Waals surface area contributed by atoms with Gasteiger partial charge in [0, 0.05) is 5.54 Å². The maximum absolute atomic E-state index is 6.33. The lowest BCUT2D eigenvalue weighted by Crippen LogP contribution is -2.40. The first kappa shape index (κ1) is 12.3. The monoisotopic (exact) mass is 205 g/mol. The van der Waals surface area contributed by atoms with Gasteiger partial charge in [-0.1, -0.05) is 50.6 Å². The Morgan fingerprint density at radius 3 is 2.40 bits per heavy atom. The topological polar surface area (TPSA) is 26.0 Å². The van der Waals surface area contributed by atoms with Gasteiger partial charge in [0.05, 0.1) is 0 Å². The van der Waals surface area contributed by atoms with E-state index in [1.165, 1.54) is 12.0 Å². The third-order valence-corrected chi connectivity index (χ3v) is 2.96. The second-order valence-corrected chi connectivity index (χ2v) is 5.03. The van der Waals surface area contributed by atoms with Gasteiger partial charge < -0.3 is 5.73 Å². The van der Waals surface area contributed by atoms with E-state index >= 15 is 0 Å². The van der Waals surface area contributed by atoms with Gasteiger partial charge in [-0.2, -0.15) is 0 Å². The molecule has 0 saturated heterocycles. The fourth-order valence-electron chi connectivity index (χ4n) is 2.07. The Labute approximate surface area is 93.7 Å². The highest BCUT2D eigenvalue weighted by atomic mass is 14.7. The largest absolute Gasteiger partial charge is 0.325 e. The molecule has 0 bridgehead atoms. The number of rotatable bonds is 5. The van der Waals surface area contributed by atoms with Crippen LogP contribution in [0.25, 0.3) is 0 Å². The molecule has 2 N–H and O–H groups in total. The minimum Gasteiger partial charge on any atom is -0.325 e. The average Bonchev–Trinajstić information content (AvgIpc) is 2.17. The molecular weight excluding hydrogens is 182 g/mol. The summed E-state index contributed by atoms with van der Waals surface area (Å²) < 4.78 is 0. The van der Waals surface area contributed by atoms with Crippen LogP contribution in [0, 0.1) is 5.92 Å². The summed E-state index contributed by atoms with van der Waals surface area (Å²) >= 11 is 0. The van der Waals surface area contributed by atoms with Gasteiger partial charge in [-0.05, 0) is 31.2 Å². The quantitative estimate of drug-likeness (QED) is 0.783. The van der Waals surface area contributed by atoms with Crippen molar-refractivity contribution in [1.82, 2.24) is 0 Å². The lowest BCUT2D eigenvalue weighted by molar-refractivity contribution is 0.346. The van der Waals surface area contributed by atoms with Gasteiger partial charge in [-0.3, -0.25) is 0 Å². The molecule has 0 aliphatic carbocycles. The molecule has 84 valence electrons. The van der Waals surface area contributed by atoms with E-state index < -0.39 is 0 Å². The Morgan fingerprint density at radius 1 is 1.27 bits per heavy atom. The first-order valence-electron chi connectivity index (χ1n) is 5.86. The molecule has 1 heteroatoms. The molecule has 1 rings (SSSR count). The van der Waals surface area contributed by atoms with E-state index in [0.29, 0.717) is 5.92 Å². The van der Waals surface area contributed by atoms with Crippen molar-refractivity contribution >= 4 is 0 Å². The van der Waals surface area contributed by atoms with Crippen LogP contribution in [0.2, 0.25) is 0 Å². The minimum absolute atomic E-state index is 0.0726. The third-order valence-electron chi connectivity index (χ3n) is 2.96. The van der Waals surface area contributed by atoms with Gasteiger partial charge >= 0.3 is 0 Å². The maximum atomic E-state index is 6.33. The van der Waals surface area contributed by atoms with Crippen molar-refractivity contribution in [1.29, 1.82) is 0 Å². The Balaban J connectivity index is 2.56. The van der Waals surface area contributed by atoms with Gasteiger partial charge in [-0.25, -0.2) is 0 Å². The summed E-state index contributed by atoms with van der Waals surface area (Å²) in [7, 11) is 0. The molecule has 0 heterocycles. The van der Waals surface area contributed by atoms with Gasteiger partial charge in [0.1, 0.15) is 0 Å². The lowest BCUT2D eigenvalue weighted by atomic mass is 9.84. The van der Waals surface area contributed by atoms with Crippen LogP contribution < -0.4 is 5.73 Å². The molecule has 0 saturated carbocycles. The first-order valence-corrected chi connectivity index (χ1v) is 5.86. The van der Waals surface area contributed by atoms with E-state index in [2.05, 4.69) is 45.0 Å². The molecule has 0 aliphatic heterocycles. The van der Waals surface area contributed by atoms with Crippen LogP contribution >= 0.6 is 0 Å². The molecule has 15 heavy (non-hydrogen) atoms. The minimum atomic E-state index is -0.0726. The molecule has 0 aliphatic rings. The Morgan fingerprint density at radius 2 is 1.87 bits per heavy atom. The van der Waals surface area contributed by atoms with Gasteiger partial charge in [0.25, 0.3) is 0 Å². The summed E-state index contributed by atoms with van der Waals surface area (Å²) in [6.07, 6.45) is 3.28. The first-order chi connectivity index (χ1) is 7.03. The van der Waals surface area contributed by atoms with E-state index in [4.69, 9.17) is 5.73 Å². The molecule has 0 aromatic heterocycles. The summed E-state index contributed by atoms with van der Waals surface area (Å²) in [5.74, 6) is 0.712. The summed E-state index contributed by atoms with van der Waals surface area (Å²) in [5, 5.41) is 0. The molecule has 0 spiro atoms. The highest BCUT2D eigenvalue weighted by Gasteiger charge is 2.21. The van der Waals surface area contributed by atoms with Gasteiger partial charge in [0.2, 0.25) is 0 Å². The van der Waals surface area contributed by atoms with E-state index in [9.17, 15) is 0 Å². The predicted molar refractivity (Wildman–Crippen MR) is 66.8 cm³/mol. The van der Waals surface area contributed by atoms with Crippen molar-refractivity contribution in [3.63, 3.8) is 0 Å². The smallest absolute Gasteiger partial charge is 0.0169 e. The lowest BCUT2D eigenvalue weighted by Gasteiger charge is -2.27. The van der Waals surface area contributed by atoms with Crippen LogP contribution in [0.1, 0.15) is 39.2 Å². The second-order valence-electron chi connectivity index (χ2n) is 5.03. The summed E-state index contributed by atoms with van der Waals surface area (Å²) in [6.45, 7) is 6.66. The van der Waals surface area contributed by atoms with Crippen LogP contribution in [0.3, 0.4) is 0 Å². The number of nitrogens with two attached hydrogens (primary N) is 1. The standard InChI is InChI=1S/C14H23N/c1-4-12(2)10-14(3,15)11-13-8-6-5-7-9-13/h5-9,12H,4,10-11,15H2,1-3H3. The molecule has 1 aromatic carbocycles. The molecule has 0 amide bonds. The highest BCUT2D eigenvalue weighted by Crippen LogP contribution is 2.20. The molecule has 1 aromatic rings. The van der Waals surface area contributed by atoms with Crippen molar-refractivity contribution < 1.29 is 0 Å². The number of hydrogen-bond donors (Lipinski definition) is 1. The second kappa shape index (κ2) is 5.32. The van der Waals surface area contributed by atoms with Crippen molar-refractivity contribution in [2.24, 2.45) is 11.7 Å². The van der Waals surface area contributed by atoms with E-state index in [0.717, 1.165) is 12.8 Å². The Kier molecular flexibility index (Phi) is 4.34. The van der Waals surface area contributed by atoms with Gasteiger partial charge in [0.15, 0.2) is 0 Å². The van der Waals surface area contributed by atoms with Gasteiger partial charge in [-0.15, -0.1) is 0 Å². The summed E-state index contributed by atoms with van der Waals surface area (Å²) in [4.78, 5) is 0. The molecule has 2 unspecified atom stereocenters. The molecule has 0 fully saturated rings. The SMILES string of the molecule is CCC(C)CC(C)(N)Cc1ccccc1. The average molecular weight is 205 g/mol. The fraction of sp³-hybridized carbons (Fsp3) is 0.571. The van der Waals surface area contributed by atoms with E-state index in [-0.39, 0.29) is 5.54 Å². The molecule has 2 atom stereocenters. The predicted octanol–water partition coefficient (Wildman–Crippen LogP) is 3.38. The summed E-state index contributed by atoms with van der Waals surface area (Å²) in [6, 6.07) is 10.5. The number of benzene rings is 1. The van der Waals surface area contributed by atoms with Crippen LogP contribution in [0.15, 0.2) is 30.3 Å². The maximum Gasteiger partial charge on any atom is 0.0169 e. The molecular formula is C14H23N. The van der Waals surface area contributed by atoms with E-state index in [1.807, 2.05) is 6.07 Å². The van der Waals surface area contributed by atoms with Crippen LogP contribution in [0.4, 0.5) is 0 Å². The van der Waals surface area contributed by atoms with Crippen LogP contribution in [-0.2, 0) is 6.42 Å². The third kappa shape index (κ3) is 4.48. The van der Waals surface area contributed by atoms with Crippen LogP contribution in [0.5, 0.6) is 0 Å². The summed E-state index contributed by atoms with van der Waals surface area (Å²) in [5.41, 5.74) is 7.59. The number of hydrogen-bond acceptors (Lipinski definition) is 1. The highest BCUT2D eigenvalue weighted by molar-refractivity contribution is 5.17. The Bertz CT molecular complexity index is 277. The molecule has 0 radical (unpaired) electrons. The zero-order valence-electron chi connectivity index (χ0n) is 10.2.